The van der Waals surface area contributed by atoms with Crippen molar-refractivity contribution in [2.75, 3.05) is 19.9 Å². The van der Waals surface area contributed by atoms with E-state index in [2.05, 4.69) is 26.6 Å². The average Bonchev–Trinajstić information content (AvgIpc) is 3.72. The van der Waals surface area contributed by atoms with Crippen LogP contribution in [0.1, 0.15) is 41.3 Å². The number of ether oxygens (including phenoxy) is 3. The fourth-order valence-corrected chi connectivity index (χ4v) is 5.54. The minimum atomic E-state index is -1.08. The molecule has 250 valence electrons. The molecule has 3 aromatic rings. The van der Waals surface area contributed by atoms with Crippen LogP contribution < -0.4 is 40.8 Å². The maximum absolute atomic E-state index is 13.7. The van der Waals surface area contributed by atoms with Crippen LogP contribution in [0.2, 0.25) is 0 Å². The Morgan fingerprint density at radius 1 is 0.854 bits per heavy atom. The summed E-state index contributed by atoms with van der Waals surface area (Å²) in [7, 11) is 0. The molecule has 1 aliphatic carbocycles. The van der Waals surface area contributed by atoms with Crippen molar-refractivity contribution in [1.82, 2.24) is 26.6 Å². The third kappa shape index (κ3) is 7.68. The lowest BCUT2D eigenvalue weighted by Crippen LogP contribution is -2.59. The van der Waals surface area contributed by atoms with Gasteiger partial charge in [-0.3, -0.25) is 24.0 Å². The zero-order valence-electron chi connectivity index (χ0n) is 26.4. The van der Waals surface area contributed by atoms with Crippen LogP contribution in [0.25, 0.3) is 0 Å². The number of fused-ring (bicyclic) bond motifs is 16. The molecule has 1 spiro atoms. The summed E-state index contributed by atoms with van der Waals surface area (Å²) < 4.78 is 16.5. The van der Waals surface area contributed by atoms with E-state index in [4.69, 9.17) is 14.2 Å². The summed E-state index contributed by atoms with van der Waals surface area (Å²) in [5.41, 5.74) is 0.724. The largest absolute Gasteiger partial charge is 0.492 e. The van der Waals surface area contributed by atoms with Gasteiger partial charge in [0.05, 0.1) is 6.54 Å². The molecule has 48 heavy (non-hydrogen) atoms. The highest BCUT2D eigenvalue weighted by Gasteiger charge is 2.51. The number of carbonyl (C=O) groups excluding carboxylic acids is 5. The van der Waals surface area contributed by atoms with Gasteiger partial charge in [-0.1, -0.05) is 42.5 Å². The van der Waals surface area contributed by atoms with Crippen molar-refractivity contribution in [2.24, 2.45) is 0 Å². The van der Waals surface area contributed by atoms with Crippen LogP contribution in [0, 0.1) is 0 Å². The van der Waals surface area contributed by atoms with Gasteiger partial charge in [0.15, 0.2) is 11.5 Å². The standard InChI is InChI=1S/C35H37N5O8/c1-21-30(41)38-27(17-22-5-3-2-4-6-22)33(44)40-35(13-14-35)34(45)36-15-16-46-25-10-7-23(8-11-25)18-26(32(43)37-21)39-31(42)24-9-12-28-29(19-24)48-20-47-28/h2-12,19,21,26-27H,13-18,20H2,1H3,(H,36,45)(H,37,43)(H,38,41)(H,39,42)(H,40,44)/t21-,26-,27+/m0/s1. The Hall–Kier alpha value is -5.59. The first-order valence-corrected chi connectivity index (χ1v) is 15.9. The third-order valence-electron chi connectivity index (χ3n) is 8.49. The molecule has 0 aromatic heterocycles. The summed E-state index contributed by atoms with van der Waals surface area (Å²) in [5.74, 6) is -1.06. The Morgan fingerprint density at radius 2 is 1.60 bits per heavy atom. The Labute approximate surface area is 277 Å². The van der Waals surface area contributed by atoms with Crippen molar-refractivity contribution in [1.29, 1.82) is 0 Å². The minimum absolute atomic E-state index is 0.0501. The molecule has 13 nitrogen and oxygen atoms in total. The maximum Gasteiger partial charge on any atom is 0.252 e. The zero-order chi connectivity index (χ0) is 33.7. The lowest BCUT2D eigenvalue weighted by Gasteiger charge is -2.25. The topological polar surface area (TPSA) is 173 Å². The highest BCUT2D eigenvalue weighted by atomic mass is 16.7. The molecule has 2 bridgehead atoms. The van der Waals surface area contributed by atoms with Gasteiger partial charge in [0.1, 0.15) is 36.0 Å². The van der Waals surface area contributed by atoms with E-state index in [1.165, 1.54) is 13.0 Å². The molecule has 7 rings (SSSR count). The summed E-state index contributed by atoms with van der Waals surface area (Å²) in [6.45, 7) is 1.95. The molecular weight excluding hydrogens is 618 g/mol. The van der Waals surface area contributed by atoms with Crippen LogP contribution in [-0.4, -0.2) is 73.1 Å². The predicted molar refractivity (Wildman–Crippen MR) is 172 cm³/mol. The van der Waals surface area contributed by atoms with E-state index in [0.29, 0.717) is 30.1 Å². The highest BCUT2D eigenvalue weighted by molar-refractivity contribution is 6.00. The van der Waals surface area contributed by atoms with E-state index in [-0.39, 0.29) is 44.3 Å². The van der Waals surface area contributed by atoms with Crippen molar-refractivity contribution < 1.29 is 38.2 Å². The van der Waals surface area contributed by atoms with E-state index < -0.39 is 47.3 Å². The van der Waals surface area contributed by atoms with Crippen LogP contribution in [0.15, 0.2) is 72.8 Å². The van der Waals surface area contributed by atoms with Crippen LogP contribution in [0.3, 0.4) is 0 Å². The summed E-state index contributed by atoms with van der Waals surface area (Å²) in [6, 6.07) is 17.7. The highest BCUT2D eigenvalue weighted by Crippen LogP contribution is 2.36. The molecule has 5 N–H and O–H groups in total. The number of carbonyl (C=O) groups is 5. The minimum Gasteiger partial charge on any atom is -0.492 e. The monoisotopic (exact) mass is 655 g/mol. The van der Waals surface area contributed by atoms with Crippen LogP contribution in [-0.2, 0) is 32.0 Å². The summed E-state index contributed by atoms with van der Waals surface area (Å²) in [6.07, 6.45) is 1.19. The van der Waals surface area contributed by atoms with Gasteiger partial charge in [-0.15, -0.1) is 0 Å². The molecule has 1 saturated carbocycles. The van der Waals surface area contributed by atoms with E-state index in [1.807, 2.05) is 30.3 Å². The molecule has 3 aliphatic heterocycles. The fraction of sp³-hybridized carbons (Fsp3) is 0.343. The first-order chi connectivity index (χ1) is 23.2. The Morgan fingerprint density at radius 3 is 2.35 bits per heavy atom. The van der Waals surface area contributed by atoms with Gasteiger partial charge in [0.25, 0.3) is 5.91 Å². The first-order valence-electron chi connectivity index (χ1n) is 15.9. The fourth-order valence-electron chi connectivity index (χ4n) is 5.54. The molecule has 4 aliphatic rings. The number of rotatable bonds is 4. The second kappa shape index (κ2) is 14.0. The third-order valence-corrected chi connectivity index (χ3v) is 8.49. The number of benzene rings is 3. The Kier molecular flexibility index (Phi) is 9.46. The first kappa shape index (κ1) is 32.4. The molecule has 1 fully saturated rings. The summed E-state index contributed by atoms with van der Waals surface area (Å²) in [5, 5.41) is 13.9. The van der Waals surface area contributed by atoms with E-state index >= 15 is 0 Å². The van der Waals surface area contributed by atoms with E-state index in [0.717, 1.165) is 11.1 Å². The summed E-state index contributed by atoms with van der Waals surface area (Å²) in [4.78, 5) is 67.1. The van der Waals surface area contributed by atoms with Gasteiger partial charge < -0.3 is 40.8 Å². The predicted octanol–water partition coefficient (Wildman–Crippen LogP) is 1.15. The van der Waals surface area contributed by atoms with Crippen molar-refractivity contribution in [2.45, 2.75) is 56.3 Å². The van der Waals surface area contributed by atoms with Crippen LogP contribution >= 0.6 is 0 Å². The maximum atomic E-state index is 13.7. The molecule has 0 saturated heterocycles. The second-order valence-electron chi connectivity index (χ2n) is 12.1. The molecule has 3 atom stereocenters. The number of hydrogen-bond donors (Lipinski definition) is 5. The smallest absolute Gasteiger partial charge is 0.252 e. The lowest BCUT2D eigenvalue weighted by atomic mass is 10.0. The van der Waals surface area contributed by atoms with Crippen molar-refractivity contribution >= 4 is 29.5 Å². The van der Waals surface area contributed by atoms with E-state index in [9.17, 15) is 24.0 Å². The van der Waals surface area contributed by atoms with Crippen LogP contribution in [0.5, 0.6) is 17.2 Å². The second-order valence-corrected chi connectivity index (χ2v) is 12.1. The van der Waals surface area contributed by atoms with Gasteiger partial charge in [0, 0.05) is 18.4 Å². The number of amides is 5. The normalized spacial score (nSPS) is 22.4. The Balaban J connectivity index is 1.23. The molecular formula is C35H37N5O8. The van der Waals surface area contributed by atoms with Gasteiger partial charge in [-0.05, 0) is 61.2 Å². The quantitative estimate of drug-likeness (QED) is 0.261. The molecule has 3 heterocycles. The van der Waals surface area contributed by atoms with Crippen molar-refractivity contribution in [3.63, 3.8) is 0 Å². The molecule has 0 unspecified atom stereocenters. The number of hydrogen-bond acceptors (Lipinski definition) is 8. The lowest BCUT2D eigenvalue weighted by molar-refractivity contribution is -0.134. The SMILES string of the molecule is C[C@@H]1NC(=O)[C@@H](NC(=O)c2ccc3c(c2)OCO3)Cc2ccc(cc2)OCCNC(=O)C2(CC2)NC(=O)[C@@H](Cc2ccccc2)NC1=O. The van der Waals surface area contributed by atoms with Crippen molar-refractivity contribution in [3.05, 3.63) is 89.5 Å². The van der Waals surface area contributed by atoms with Gasteiger partial charge >= 0.3 is 0 Å². The van der Waals surface area contributed by atoms with Crippen LogP contribution in [0.4, 0.5) is 0 Å². The van der Waals surface area contributed by atoms with Crippen molar-refractivity contribution in [3.8, 4) is 17.2 Å². The van der Waals surface area contributed by atoms with Gasteiger partial charge in [-0.25, -0.2) is 0 Å². The Bertz CT molecular complexity index is 1690. The van der Waals surface area contributed by atoms with Gasteiger partial charge in [-0.2, -0.15) is 0 Å². The molecule has 0 radical (unpaired) electrons. The molecule has 3 aromatic carbocycles. The van der Waals surface area contributed by atoms with Gasteiger partial charge in [0.2, 0.25) is 30.4 Å². The average molecular weight is 656 g/mol. The summed E-state index contributed by atoms with van der Waals surface area (Å²) >= 11 is 0. The number of nitrogens with one attached hydrogen (secondary N) is 5. The molecule has 5 amide bonds. The zero-order valence-corrected chi connectivity index (χ0v) is 26.4. The molecule has 13 heteroatoms. The van der Waals surface area contributed by atoms with E-state index in [1.54, 1.807) is 36.4 Å².